The van der Waals surface area contributed by atoms with E-state index in [2.05, 4.69) is 27.7 Å². The van der Waals surface area contributed by atoms with Crippen LogP contribution in [0.15, 0.2) is 29.6 Å². The van der Waals surface area contributed by atoms with Crippen LogP contribution in [0.2, 0.25) is 15.1 Å². The van der Waals surface area contributed by atoms with Crippen LogP contribution in [0.3, 0.4) is 0 Å². The normalized spacial score (nSPS) is 17.9. The fourth-order valence-corrected chi connectivity index (χ4v) is 4.29. The molecule has 0 spiro atoms. The molecule has 112 valence electrons. The summed E-state index contributed by atoms with van der Waals surface area (Å²) in [7, 11) is 0. The highest BCUT2D eigenvalue weighted by atomic mass is 35.5. The van der Waals surface area contributed by atoms with Crippen LogP contribution in [0.5, 0.6) is 0 Å². The monoisotopic (exact) mass is 360 g/mol. The first-order valence-electron chi connectivity index (χ1n) is 6.80. The van der Waals surface area contributed by atoms with Crippen LogP contribution < -0.4 is 5.32 Å². The van der Waals surface area contributed by atoms with Crippen molar-refractivity contribution in [1.82, 2.24) is 10.2 Å². The fourth-order valence-electron chi connectivity index (χ4n) is 2.69. The van der Waals surface area contributed by atoms with Crippen molar-refractivity contribution < 1.29 is 0 Å². The first kappa shape index (κ1) is 15.6. The average molecular weight is 362 g/mol. The van der Waals surface area contributed by atoms with E-state index in [1.54, 1.807) is 17.4 Å². The summed E-state index contributed by atoms with van der Waals surface area (Å²) in [6, 6.07) is 7.82. The minimum Gasteiger partial charge on any atom is -0.314 e. The highest BCUT2D eigenvalue weighted by molar-refractivity contribution is 7.10. The smallest absolute Gasteiger partial charge is 0.0726 e. The Morgan fingerprint density at radius 3 is 2.43 bits per heavy atom. The highest BCUT2D eigenvalue weighted by Crippen LogP contribution is 2.42. The van der Waals surface area contributed by atoms with Gasteiger partial charge in [-0.05, 0) is 23.6 Å². The molecule has 3 rings (SSSR count). The predicted octanol–water partition coefficient (Wildman–Crippen LogP) is 4.70. The molecule has 1 fully saturated rings. The molecule has 0 saturated carbocycles. The van der Waals surface area contributed by atoms with Gasteiger partial charge in [0.05, 0.1) is 16.1 Å². The third-order valence-corrected chi connectivity index (χ3v) is 5.76. The molecule has 1 aromatic carbocycles. The Hall–Kier alpha value is -0.290. The molecular weight excluding hydrogens is 347 g/mol. The SMILES string of the molecule is Clc1ccc(Cl)c([C@@H](c2cccs2)N2CCNCC2)c1Cl. The number of hydrogen-bond donors (Lipinski definition) is 1. The van der Waals surface area contributed by atoms with Gasteiger partial charge in [0.25, 0.3) is 0 Å². The van der Waals surface area contributed by atoms with Crippen molar-refractivity contribution in [1.29, 1.82) is 0 Å². The Morgan fingerprint density at radius 2 is 1.76 bits per heavy atom. The highest BCUT2D eigenvalue weighted by Gasteiger charge is 2.29. The van der Waals surface area contributed by atoms with E-state index in [1.807, 2.05) is 6.07 Å². The van der Waals surface area contributed by atoms with Gasteiger partial charge in [-0.1, -0.05) is 40.9 Å². The van der Waals surface area contributed by atoms with Gasteiger partial charge in [0, 0.05) is 41.6 Å². The van der Waals surface area contributed by atoms with E-state index in [4.69, 9.17) is 34.8 Å². The molecule has 2 heterocycles. The number of nitrogens with one attached hydrogen (secondary N) is 1. The Kier molecular flexibility index (Phi) is 5.10. The predicted molar refractivity (Wildman–Crippen MR) is 92.1 cm³/mol. The fraction of sp³-hybridized carbons (Fsp3) is 0.333. The molecule has 1 N–H and O–H groups in total. The molecule has 2 nitrogen and oxygen atoms in total. The zero-order valence-corrected chi connectivity index (χ0v) is 14.4. The van der Waals surface area contributed by atoms with Gasteiger partial charge in [-0.25, -0.2) is 0 Å². The number of rotatable bonds is 3. The van der Waals surface area contributed by atoms with Crippen molar-refractivity contribution in [3.05, 3.63) is 55.2 Å². The van der Waals surface area contributed by atoms with Crippen LogP contribution in [0.25, 0.3) is 0 Å². The standard InChI is InChI=1S/C15H15Cl3N2S/c16-10-3-4-11(17)14(18)13(10)15(12-2-1-9-21-12)20-7-5-19-6-8-20/h1-4,9,15,19H,5-8H2/t15-/m1/s1. The summed E-state index contributed by atoms with van der Waals surface area (Å²) in [5.74, 6) is 0. The van der Waals surface area contributed by atoms with E-state index in [0.717, 1.165) is 31.7 Å². The summed E-state index contributed by atoms with van der Waals surface area (Å²) < 4.78 is 0. The molecule has 1 aromatic heterocycles. The molecule has 1 aliphatic rings. The summed E-state index contributed by atoms with van der Waals surface area (Å²) in [5.41, 5.74) is 0.912. The van der Waals surface area contributed by atoms with Crippen molar-refractivity contribution in [3.8, 4) is 0 Å². The molecule has 1 aliphatic heterocycles. The summed E-state index contributed by atoms with van der Waals surface area (Å²) >= 11 is 20.9. The maximum absolute atomic E-state index is 6.48. The van der Waals surface area contributed by atoms with E-state index in [1.165, 1.54) is 4.88 Å². The van der Waals surface area contributed by atoms with Gasteiger partial charge in [0.2, 0.25) is 0 Å². The Labute approximate surface area is 143 Å². The number of benzene rings is 1. The van der Waals surface area contributed by atoms with E-state index >= 15 is 0 Å². The van der Waals surface area contributed by atoms with E-state index < -0.39 is 0 Å². The van der Waals surface area contributed by atoms with Crippen LogP contribution >= 0.6 is 46.1 Å². The molecule has 1 saturated heterocycles. The number of piperazine rings is 1. The number of halogens is 3. The summed E-state index contributed by atoms with van der Waals surface area (Å²) in [6.45, 7) is 3.86. The van der Waals surface area contributed by atoms with Gasteiger partial charge >= 0.3 is 0 Å². The summed E-state index contributed by atoms with van der Waals surface area (Å²) in [5, 5.41) is 7.23. The van der Waals surface area contributed by atoms with E-state index in [-0.39, 0.29) is 6.04 Å². The Morgan fingerprint density at radius 1 is 1.05 bits per heavy atom. The lowest BCUT2D eigenvalue weighted by Gasteiger charge is -2.35. The van der Waals surface area contributed by atoms with Gasteiger partial charge < -0.3 is 5.32 Å². The van der Waals surface area contributed by atoms with Crippen molar-refractivity contribution in [2.75, 3.05) is 26.2 Å². The van der Waals surface area contributed by atoms with Gasteiger partial charge in [-0.2, -0.15) is 0 Å². The molecule has 2 aromatic rings. The molecule has 21 heavy (non-hydrogen) atoms. The van der Waals surface area contributed by atoms with Gasteiger partial charge in [0.15, 0.2) is 0 Å². The maximum Gasteiger partial charge on any atom is 0.0726 e. The van der Waals surface area contributed by atoms with Crippen molar-refractivity contribution in [2.24, 2.45) is 0 Å². The third kappa shape index (κ3) is 3.24. The van der Waals surface area contributed by atoms with Crippen molar-refractivity contribution in [3.63, 3.8) is 0 Å². The zero-order chi connectivity index (χ0) is 14.8. The summed E-state index contributed by atoms with van der Waals surface area (Å²) in [4.78, 5) is 3.65. The van der Waals surface area contributed by atoms with Crippen LogP contribution in [0.1, 0.15) is 16.5 Å². The molecule has 0 radical (unpaired) electrons. The first-order valence-corrected chi connectivity index (χ1v) is 8.81. The summed E-state index contributed by atoms with van der Waals surface area (Å²) in [6.07, 6.45) is 0. The molecule has 0 bridgehead atoms. The van der Waals surface area contributed by atoms with Crippen molar-refractivity contribution in [2.45, 2.75) is 6.04 Å². The zero-order valence-electron chi connectivity index (χ0n) is 11.3. The molecule has 1 atom stereocenters. The molecular formula is C15H15Cl3N2S. The minimum atomic E-state index is 0.0609. The van der Waals surface area contributed by atoms with E-state index in [0.29, 0.717) is 15.1 Å². The van der Waals surface area contributed by atoms with E-state index in [9.17, 15) is 0 Å². The number of nitrogens with zero attached hydrogens (tertiary/aromatic N) is 1. The van der Waals surface area contributed by atoms with Crippen molar-refractivity contribution >= 4 is 46.1 Å². The quantitative estimate of drug-likeness (QED) is 0.797. The largest absolute Gasteiger partial charge is 0.314 e. The van der Waals surface area contributed by atoms with Crippen LogP contribution in [-0.2, 0) is 0 Å². The second-order valence-corrected chi connectivity index (χ2v) is 7.13. The lowest BCUT2D eigenvalue weighted by atomic mass is 10.0. The number of hydrogen-bond acceptors (Lipinski definition) is 3. The van der Waals surface area contributed by atoms with Gasteiger partial charge in [0.1, 0.15) is 0 Å². The average Bonchev–Trinajstić information content (AvgIpc) is 3.02. The molecule has 0 aliphatic carbocycles. The lowest BCUT2D eigenvalue weighted by molar-refractivity contribution is 0.201. The molecule has 0 unspecified atom stereocenters. The first-order chi connectivity index (χ1) is 10.2. The second-order valence-electron chi connectivity index (χ2n) is 4.96. The van der Waals surface area contributed by atoms with Crippen LogP contribution in [-0.4, -0.2) is 31.1 Å². The molecule has 6 heteroatoms. The molecule has 0 amide bonds. The third-order valence-electron chi connectivity index (χ3n) is 3.68. The Balaban J connectivity index is 2.09. The minimum absolute atomic E-state index is 0.0609. The van der Waals surface area contributed by atoms with Crippen LogP contribution in [0.4, 0.5) is 0 Å². The lowest BCUT2D eigenvalue weighted by Crippen LogP contribution is -2.45. The topological polar surface area (TPSA) is 15.3 Å². The Bertz CT molecular complexity index is 610. The number of thiophene rings is 1. The van der Waals surface area contributed by atoms with Gasteiger partial charge in [-0.3, -0.25) is 4.90 Å². The second kappa shape index (κ2) is 6.86. The van der Waals surface area contributed by atoms with Gasteiger partial charge in [-0.15, -0.1) is 11.3 Å². The maximum atomic E-state index is 6.48. The van der Waals surface area contributed by atoms with Crippen LogP contribution in [0, 0.1) is 0 Å².